The molecule has 7 nitrogen and oxygen atoms in total. The normalized spacial score (nSPS) is 10.7. The van der Waals surface area contributed by atoms with Gasteiger partial charge in [0.2, 0.25) is 0 Å². The van der Waals surface area contributed by atoms with E-state index in [4.69, 9.17) is 16.6 Å². The minimum Gasteiger partial charge on any atom is -0.455 e. The maximum absolute atomic E-state index is 13.1. The molecule has 0 bridgehead atoms. The number of hydrazone groups is 1. The molecule has 0 saturated carbocycles. The molecule has 2 aromatic carbocycles. The summed E-state index contributed by atoms with van der Waals surface area (Å²) in [6.07, 6.45) is 1.40. The minimum absolute atomic E-state index is 0.0189. The van der Waals surface area contributed by atoms with E-state index in [1.165, 1.54) is 30.5 Å². The average molecular weight is 384 g/mol. The van der Waals surface area contributed by atoms with E-state index in [9.17, 15) is 14.5 Å². The van der Waals surface area contributed by atoms with Crippen LogP contribution in [0.5, 0.6) is 0 Å². The number of nitrogens with one attached hydrogen (secondary N) is 2. The van der Waals surface area contributed by atoms with Gasteiger partial charge in [0.05, 0.1) is 11.1 Å². The summed E-state index contributed by atoms with van der Waals surface area (Å²) >= 11 is 5.06. The first-order valence-corrected chi connectivity index (χ1v) is 8.12. The van der Waals surface area contributed by atoms with Crippen LogP contribution in [0.2, 0.25) is 0 Å². The molecule has 3 aromatic rings. The molecule has 27 heavy (non-hydrogen) atoms. The number of furan rings is 1. The molecule has 1 aromatic heterocycles. The lowest BCUT2D eigenvalue weighted by molar-refractivity contribution is -0.384. The van der Waals surface area contributed by atoms with E-state index in [1.54, 1.807) is 36.4 Å². The molecule has 3 rings (SSSR count). The Hall–Kier alpha value is -3.59. The molecule has 0 radical (unpaired) electrons. The number of rotatable bonds is 5. The van der Waals surface area contributed by atoms with Crippen LogP contribution >= 0.6 is 12.2 Å². The Balaban J connectivity index is 1.61. The van der Waals surface area contributed by atoms with E-state index in [0.717, 1.165) is 0 Å². The number of non-ortho nitro benzene ring substituents is 1. The largest absolute Gasteiger partial charge is 0.455 e. The van der Waals surface area contributed by atoms with Crippen LogP contribution in [0.3, 0.4) is 0 Å². The molecule has 9 heteroatoms. The molecule has 0 aliphatic heterocycles. The molecule has 0 unspecified atom stereocenters. The van der Waals surface area contributed by atoms with Crippen molar-refractivity contribution in [2.75, 3.05) is 5.32 Å². The molecular formula is C18H13FN4O3S. The van der Waals surface area contributed by atoms with Crippen LogP contribution in [0.1, 0.15) is 5.76 Å². The molecule has 0 aliphatic carbocycles. The van der Waals surface area contributed by atoms with Crippen LogP contribution in [-0.2, 0) is 0 Å². The number of halogens is 1. The summed E-state index contributed by atoms with van der Waals surface area (Å²) in [5, 5.41) is 17.8. The third-order valence-electron chi connectivity index (χ3n) is 3.41. The summed E-state index contributed by atoms with van der Waals surface area (Å²) in [6, 6.07) is 15.3. The zero-order chi connectivity index (χ0) is 19.2. The topological polar surface area (TPSA) is 92.7 Å². The summed E-state index contributed by atoms with van der Waals surface area (Å²) in [6.45, 7) is 0. The molecule has 0 spiro atoms. The molecular weight excluding hydrogens is 371 g/mol. The quantitative estimate of drug-likeness (QED) is 0.295. The third kappa shape index (κ3) is 4.95. The Kier molecular flexibility index (Phi) is 5.53. The Morgan fingerprint density at radius 2 is 2.00 bits per heavy atom. The fourth-order valence-corrected chi connectivity index (χ4v) is 2.40. The summed E-state index contributed by atoms with van der Waals surface area (Å²) in [4.78, 5) is 10.4. The first kappa shape index (κ1) is 18.2. The van der Waals surface area contributed by atoms with Gasteiger partial charge in [0.25, 0.3) is 5.69 Å². The Morgan fingerprint density at radius 1 is 1.19 bits per heavy atom. The van der Waals surface area contributed by atoms with Crippen LogP contribution in [0.4, 0.5) is 15.8 Å². The number of nitro groups is 1. The standard InChI is InChI=1S/C18H13FN4O3S/c19-13-4-2-5-14(10-13)21-18(27)22-20-11-16-7-8-17(26-16)12-3-1-6-15(9-12)23(24)25/h1-11H,(H2,21,22,27)/b20-11+. The smallest absolute Gasteiger partial charge is 0.270 e. The lowest BCUT2D eigenvalue weighted by atomic mass is 10.1. The molecule has 0 atom stereocenters. The second-order valence-electron chi connectivity index (χ2n) is 5.34. The fourth-order valence-electron chi connectivity index (χ4n) is 2.23. The predicted molar refractivity (Wildman–Crippen MR) is 104 cm³/mol. The lowest BCUT2D eigenvalue weighted by Crippen LogP contribution is -2.23. The number of thiocarbonyl (C=S) groups is 1. The van der Waals surface area contributed by atoms with Gasteiger partial charge in [0.1, 0.15) is 17.3 Å². The van der Waals surface area contributed by atoms with E-state index >= 15 is 0 Å². The summed E-state index contributed by atoms with van der Waals surface area (Å²) < 4.78 is 18.7. The molecule has 0 amide bonds. The van der Waals surface area contributed by atoms with Crippen LogP contribution in [-0.4, -0.2) is 16.3 Å². The van der Waals surface area contributed by atoms with Crippen LogP contribution in [0, 0.1) is 15.9 Å². The van der Waals surface area contributed by atoms with Crippen molar-refractivity contribution in [3.8, 4) is 11.3 Å². The van der Waals surface area contributed by atoms with Gasteiger partial charge in [0.15, 0.2) is 5.11 Å². The molecule has 1 heterocycles. The van der Waals surface area contributed by atoms with Gasteiger partial charge in [-0.25, -0.2) is 4.39 Å². The van der Waals surface area contributed by atoms with Crippen molar-refractivity contribution < 1.29 is 13.7 Å². The monoisotopic (exact) mass is 384 g/mol. The molecule has 0 fully saturated rings. The maximum Gasteiger partial charge on any atom is 0.270 e. The Labute approximate surface area is 158 Å². The number of anilines is 1. The Morgan fingerprint density at radius 3 is 2.78 bits per heavy atom. The van der Waals surface area contributed by atoms with Crippen molar-refractivity contribution in [3.05, 3.63) is 82.4 Å². The van der Waals surface area contributed by atoms with E-state index < -0.39 is 4.92 Å². The van der Waals surface area contributed by atoms with Gasteiger partial charge in [-0.2, -0.15) is 5.10 Å². The number of benzene rings is 2. The highest BCUT2D eigenvalue weighted by Crippen LogP contribution is 2.25. The van der Waals surface area contributed by atoms with Gasteiger partial charge in [-0.15, -0.1) is 0 Å². The summed E-state index contributed by atoms with van der Waals surface area (Å²) in [5.41, 5.74) is 3.65. The highest BCUT2D eigenvalue weighted by atomic mass is 32.1. The van der Waals surface area contributed by atoms with Gasteiger partial charge in [-0.3, -0.25) is 15.5 Å². The average Bonchev–Trinajstić information content (AvgIpc) is 3.11. The zero-order valence-corrected chi connectivity index (χ0v) is 14.6. The van der Waals surface area contributed by atoms with E-state index in [-0.39, 0.29) is 16.6 Å². The van der Waals surface area contributed by atoms with Crippen molar-refractivity contribution in [1.29, 1.82) is 0 Å². The van der Waals surface area contributed by atoms with Gasteiger partial charge in [-0.05, 0) is 42.5 Å². The van der Waals surface area contributed by atoms with Crippen LogP contribution in [0.15, 0.2) is 70.2 Å². The molecule has 136 valence electrons. The third-order valence-corrected chi connectivity index (χ3v) is 3.60. The molecule has 0 saturated heterocycles. The lowest BCUT2D eigenvalue weighted by Gasteiger charge is -2.06. The molecule has 0 aliphatic rings. The van der Waals surface area contributed by atoms with Gasteiger partial charge < -0.3 is 9.73 Å². The minimum atomic E-state index is -0.467. The first-order chi connectivity index (χ1) is 13.0. The van der Waals surface area contributed by atoms with E-state index in [0.29, 0.717) is 22.8 Å². The second-order valence-corrected chi connectivity index (χ2v) is 5.75. The maximum atomic E-state index is 13.1. The highest BCUT2D eigenvalue weighted by molar-refractivity contribution is 7.80. The highest BCUT2D eigenvalue weighted by Gasteiger charge is 2.09. The first-order valence-electron chi connectivity index (χ1n) is 7.71. The number of hydrogen-bond acceptors (Lipinski definition) is 5. The van der Waals surface area contributed by atoms with Crippen molar-refractivity contribution in [2.45, 2.75) is 0 Å². The van der Waals surface area contributed by atoms with Gasteiger partial charge >= 0.3 is 0 Å². The second kappa shape index (κ2) is 8.19. The zero-order valence-electron chi connectivity index (χ0n) is 13.8. The van der Waals surface area contributed by atoms with Gasteiger partial charge in [0, 0.05) is 23.4 Å². The SMILES string of the molecule is O=[N+]([O-])c1cccc(-c2ccc(/C=N/NC(=S)Nc3cccc(F)c3)o2)c1. The van der Waals surface area contributed by atoms with Crippen molar-refractivity contribution in [1.82, 2.24) is 5.43 Å². The van der Waals surface area contributed by atoms with Crippen molar-refractivity contribution in [3.63, 3.8) is 0 Å². The number of hydrogen-bond donors (Lipinski definition) is 2. The predicted octanol–water partition coefficient (Wildman–Crippen LogP) is 4.31. The van der Waals surface area contributed by atoms with Gasteiger partial charge in [-0.1, -0.05) is 18.2 Å². The van der Waals surface area contributed by atoms with Crippen LogP contribution in [0.25, 0.3) is 11.3 Å². The van der Waals surface area contributed by atoms with Crippen molar-refractivity contribution >= 4 is 34.9 Å². The molecule has 2 N–H and O–H groups in total. The van der Waals surface area contributed by atoms with Crippen molar-refractivity contribution in [2.24, 2.45) is 5.10 Å². The van der Waals surface area contributed by atoms with E-state index in [1.807, 2.05) is 0 Å². The summed E-state index contributed by atoms with van der Waals surface area (Å²) in [7, 11) is 0. The number of nitrogens with zero attached hydrogens (tertiary/aromatic N) is 2. The fraction of sp³-hybridized carbons (Fsp3) is 0. The van der Waals surface area contributed by atoms with E-state index in [2.05, 4.69) is 15.8 Å². The summed E-state index contributed by atoms with van der Waals surface area (Å²) in [5.74, 6) is 0.522. The number of nitro benzene ring substituents is 1. The Bertz CT molecular complexity index is 1020. The van der Waals surface area contributed by atoms with Crippen LogP contribution < -0.4 is 10.7 Å².